The van der Waals surface area contributed by atoms with Crippen molar-refractivity contribution in [2.75, 3.05) is 0 Å². The Morgan fingerprint density at radius 2 is 1.76 bits per heavy atom. The molecule has 0 fully saturated rings. The SMILES string of the molecule is Cc1ccc(S(=O)(=O)c2cn(-c3ccccn3)cn2)cc1. The molecule has 0 radical (unpaired) electrons. The van der Waals surface area contributed by atoms with Gasteiger partial charge in [0.2, 0.25) is 9.84 Å². The summed E-state index contributed by atoms with van der Waals surface area (Å²) in [5.41, 5.74) is 1.01. The minimum absolute atomic E-state index is 0.0111. The van der Waals surface area contributed by atoms with Crippen LogP contribution in [0, 0.1) is 6.92 Å². The number of aromatic nitrogens is 3. The monoisotopic (exact) mass is 299 g/mol. The van der Waals surface area contributed by atoms with Crippen LogP contribution in [0.1, 0.15) is 5.56 Å². The van der Waals surface area contributed by atoms with E-state index in [-0.39, 0.29) is 9.92 Å². The van der Waals surface area contributed by atoms with Gasteiger partial charge in [0.1, 0.15) is 12.1 Å². The molecule has 2 heterocycles. The van der Waals surface area contributed by atoms with Crippen molar-refractivity contribution >= 4 is 9.84 Å². The van der Waals surface area contributed by atoms with Crippen molar-refractivity contribution in [2.24, 2.45) is 0 Å². The lowest BCUT2D eigenvalue weighted by Crippen LogP contribution is -2.02. The fourth-order valence-corrected chi connectivity index (χ4v) is 3.09. The second-order valence-electron chi connectivity index (χ2n) is 4.62. The fraction of sp³-hybridized carbons (Fsp3) is 0.0667. The van der Waals surface area contributed by atoms with Crippen molar-refractivity contribution in [1.82, 2.24) is 14.5 Å². The number of benzene rings is 1. The van der Waals surface area contributed by atoms with Gasteiger partial charge in [-0.1, -0.05) is 23.8 Å². The van der Waals surface area contributed by atoms with Crippen LogP contribution < -0.4 is 0 Å². The number of hydrogen-bond acceptors (Lipinski definition) is 4. The van der Waals surface area contributed by atoms with Crippen LogP contribution in [0.4, 0.5) is 0 Å². The highest BCUT2D eigenvalue weighted by Crippen LogP contribution is 2.20. The van der Waals surface area contributed by atoms with E-state index in [1.807, 2.05) is 13.0 Å². The zero-order valence-electron chi connectivity index (χ0n) is 11.3. The van der Waals surface area contributed by atoms with Gasteiger partial charge < -0.3 is 0 Å². The Bertz CT molecular complexity index is 853. The first-order valence-corrected chi connectivity index (χ1v) is 7.83. The fourth-order valence-electron chi connectivity index (χ4n) is 1.91. The Morgan fingerprint density at radius 1 is 1.00 bits per heavy atom. The Balaban J connectivity index is 2.01. The molecule has 3 aromatic rings. The molecule has 0 aliphatic heterocycles. The lowest BCUT2D eigenvalue weighted by atomic mass is 10.2. The van der Waals surface area contributed by atoms with E-state index in [9.17, 15) is 8.42 Å². The van der Waals surface area contributed by atoms with Gasteiger partial charge in [-0.15, -0.1) is 0 Å². The molecule has 0 aliphatic rings. The summed E-state index contributed by atoms with van der Waals surface area (Å²) < 4.78 is 26.6. The van der Waals surface area contributed by atoms with E-state index in [4.69, 9.17) is 0 Å². The van der Waals surface area contributed by atoms with E-state index >= 15 is 0 Å². The van der Waals surface area contributed by atoms with E-state index in [0.29, 0.717) is 5.82 Å². The van der Waals surface area contributed by atoms with Gasteiger partial charge in [-0.2, -0.15) is 0 Å². The molecular formula is C15H13N3O2S. The largest absolute Gasteiger partial charge is 0.289 e. The zero-order valence-corrected chi connectivity index (χ0v) is 12.2. The van der Waals surface area contributed by atoms with Crippen molar-refractivity contribution in [1.29, 1.82) is 0 Å². The van der Waals surface area contributed by atoms with Crippen LogP contribution in [0.25, 0.3) is 5.82 Å². The molecule has 0 amide bonds. The first-order chi connectivity index (χ1) is 10.1. The first kappa shape index (κ1) is 13.5. The number of imidazole rings is 1. The van der Waals surface area contributed by atoms with Crippen LogP contribution in [0.15, 0.2) is 71.1 Å². The van der Waals surface area contributed by atoms with E-state index < -0.39 is 9.84 Å². The Morgan fingerprint density at radius 3 is 2.43 bits per heavy atom. The van der Waals surface area contributed by atoms with Crippen molar-refractivity contribution in [2.45, 2.75) is 16.8 Å². The normalized spacial score (nSPS) is 11.5. The second kappa shape index (κ2) is 5.14. The highest BCUT2D eigenvalue weighted by atomic mass is 32.2. The molecule has 0 spiro atoms. The topological polar surface area (TPSA) is 64.8 Å². The maximum absolute atomic E-state index is 12.5. The van der Waals surface area contributed by atoms with Gasteiger partial charge >= 0.3 is 0 Å². The number of pyridine rings is 1. The Labute approximate surface area is 122 Å². The van der Waals surface area contributed by atoms with Gasteiger partial charge in [-0.25, -0.2) is 18.4 Å². The number of sulfone groups is 1. The van der Waals surface area contributed by atoms with Crippen molar-refractivity contribution in [3.63, 3.8) is 0 Å². The summed E-state index contributed by atoms with van der Waals surface area (Å²) in [5.74, 6) is 0.621. The van der Waals surface area contributed by atoms with Crippen molar-refractivity contribution < 1.29 is 8.42 Å². The molecule has 1 aromatic carbocycles. The summed E-state index contributed by atoms with van der Waals surface area (Å²) >= 11 is 0. The van der Waals surface area contributed by atoms with Gasteiger partial charge in [0.05, 0.1) is 4.90 Å². The molecule has 0 saturated heterocycles. The average molecular weight is 299 g/mol. The molecule has 0 unspecified atom stereocenters. The molecule has 5 nitrogen and oxygen atoms in total. The van der Waals surface area contributed by atoms with Gasteiger partial charge in [-0.05, 0) is 31.2 Å². The number of nitrogens with zero attached hydrogens (tertiary/aromatic N) is 3. The molecule has 3 rings (SSSR count). The summed E-state index contributed by atoms with van der Waals surface area (Å²) in [7, 11) is -3.60. The van der Waals surface area contributed by atoms with Crippen LogP contribution in [-0.2, 0) is 9.84 Å². The van der Waals surface area contributed by atoms with Crippen LogP contribution >= 0.6 is 0 Å². The molecule has 0 atom stereocenters. The maximum atomic E-state index is 12.5. The van der Waals surface area contributed by atoms with Crippen LogP contribution in [-0.4, -0.2) is 23.0 Å². The molecule has 0 saturated carbocycles. The molecule has 21 heavy (non-hydrogen) atoms. The van der Waals surface area contributed by atoms with E-state index in [0.717, 1.165) is 5.56 Å². The Hall–Kier alpha value is -2.47. The van der Waals surface area contributed by atoms with Gasteiger partial charge in [0, 0.05) is 12.4 Å². The maximum Gasteiger partial charge on any atom is 0.225 e. The van der Waals surface area contributed by atoms with Crippen molar-refractivity contribution in [3.8, 4) is 5.82 Å². The molecule has 0 N–H and O–H groups in total. The summed E-state index contributed by atoms with van der Waals surface area (Å²) in [6.07, 6.45) is 4.56. The summed E-state index contributed by atoms with van der Waals surface area (Å²) in [6.45, 7) is 1.91. The predicted octanol–water partition coefficient (Wildman–Crippen LogP) is 2.41. The lowest BCUT2D eigenvalue weighted by Gasteiger charge is -2.02. The summed E-state index contributed by atoms with van der Waals surface area (Å²) in [4.78, 5) is 8.39. The Kier molecular flexibility index (Phi) is 3.31. The van der Waals surface area contributed by atoms with Crippen LogP contribution in [0.5, 0.6) is 0 Å². The number of aryl methyl sites for hydroxylation is 1. The van der Waals surface area contributed by atoms with E-state index in [1.165, 1.54) is 12.5 Å². The quantitative estimate of drug-likeness (QED) is 0.745. The standard InChI is InChI=1S/C15H13N3O2S/c1-12-5-7-13(8-6-12)21(19,20)15-10-18(11-17-15)14-4-2-3-9-16-14/h2-11H,1H3. The number of rotatable bonds is 3. The molecular weight excluding hydrogens is 286 g/mol. The smallest absolute Gasteiger partial charge is 0.225 e. The average Bonchev–Trinajstić information content (AvgIpc) is 2.99. The van der Waals surface area contributed by atoms with Crippen LogP contribution in [0.3, 0.4) is 0 Å². The molecule has 6 heteroatoms. The highest BCUT2D eigenvalue weighted by molar-refractivity contribution is 7.91. The molecule has 0 bridgehead atoms. The first-order valence-electron chi connectivity index (χ1n) is 6.34. The lowest BCUT2D eigenvalue weighted by molar-refractivity contribution is 0.593. The van der Waals surface area contributed by atoms with Gasteiger partial charge in [0.15, 0.2) is 5.03 Å². The third-order valence-corrected chi connectivity index (χ3v) is 4.73. The minimum Gasteiger partial charge on any atom is -0.289 e. The third-order valence-electron chi connectivity index (χ3n) is 3.08. The van der Waals surface area contributed by atoms with E-state index in [1.54, 1.807) is 47.2 Å². The summed E-state index contributed by atoms with van der Waals surface area (Å²) in [5, 5.41) is 0.0111. The number of hydrogen-bond donors (Lipinski definition) is 0. The molecule has 2 aromatic heterocycles. The van der Waals surface area contributed by atoms with Crippen molar-refractivity contribution in [3.05, 3.63) is 66.7 Å². The molecule has 106 valence electrons. The van der Waals surface area contributed by atoms with Crippen LogP contribution in [0.2, 0.25) is 0 Å². The third kappa shape index (κ3) is 2.57. The van der Waals surface area contributed by atoms with E-state index in [2.05, 4.69) is 9.97 Å². The van der Waals surface area contributed by atoms with Gasteiger partial charge in [-0.3, -0.25) is 4.57 Å². The highest BCUT2D eigenvalue weighted by Gasteiger charge is 2.20. The zero-order chi connectivity index (χ0) is 14.9. The molecule has 0 aliphatic carbocycles. The minimum atomic E-state index is -3.60. The second-order valence-corrected chi connectivity index (χ2v) is 6.52. The summed E-state index contributed by atoms with van der Waals surface area (Å²) in [6, 6.07) is 12.1. The predicted molar refractivity (Wildman–Crippen MR) is 78.0 cm³/mol. The van der Waals surface area contributed by atoms with Gasteiger partial charge in [0.25, 0.3) is 0 Å².